The third kappa shape index (κ3) is 4.39. The highest BCUT2D eigenvalue weighted by molar-refractivity contribution is 5.17. The molecule has 4 heteroatoms. The van der Waals surface area contributed by atoms with Crippen LogP contribution < -0.4 is 5.32 Å². The van der Waals surface area contributed by atoms with Crippen LogP contribution in [0.2, 0.25) is 0 Å². The quantitative estimate of drug-likeness (QED) is 0.848. The van der Waals surface area contributed by atoms with Crippen LogP contribution in [0.5, 0.6) is 0 Å². The minimum Gasteiger partial charge on any atom is -0.314 e. The molecular weight excluding hydrogens is 265 g/mol. The van der Waals surface area contributed by atoms with E-state index in [9.17, 15) is 4.39 Å². The standard InChI is InChI=1S/C17H22FN3/c1-21-8-7-17(20-21)11-14(12-19-16-5-6-16)9-13-3-2-4-15(18)10-13/h2-4,7-8,10,14,16,19H,5-6,9,11-12H2,1H3. The van der Waals surface area contributed by atoms with Gasteiger partial charge in [-0.3, -0.25) is 4.68 Å². The number of nitrogens with one attached hydrogen (secondary N) is 1. The summed E-state index contributed by atoms with van der Waals surface area (Å²) in [4.78, 5) is 0. The molecule has 3 nitrogen and oxygen atoms in total. The molecule has 1 N–H and O–H groups in total. The van der Waals surface area contributed by atoms with Crippen molar-refractivity contribution in [2.75, 3.05) is 6.54 Å². The molecule has 1 aromatic carbocycles. The van der Waals surface area contributed by atoms with Crippen molar-refractivity contribution in [3.05, 3.63) is 53.6 Å². The second-order valence-corrected chi connectivity index (χ2v) is 6.07. The average molecular weight is 287 g/mol. The first-order valence-electron chi connectivity index (χ1n) is 7.65. The van der Waals surface area contributed by atoms with E-state index in [0.29, 0.717) is 12.0 Å². The van der Waals surface area contributed by atoms with Crippen LogP contribution in [0.25, 0.3) is 0 Å². The van der Waals surface area contributed by atoms with E-state index in [-0.39, 0.29) is 5.82 Å². The Morgan fingerprint density at radius 3 is 2.86 bits per heavy atom. The Hall–Kier alpha value is -1.68. The summed E-state index contributed by atoms with van der Waals surface area (Å²) in [6.07, 6.45) is 6.36. The topological polar surface area (TPSA) is 29.9 Å². The van der Waals surface area contributed by atoms with E-state index >= 15 is 0 Å². The second-order valence-electron chi connectivity index (χ2n) is 6.07. The van der Waals surface area contributed by atoms with Crippen LogP contribution >= 0.6 is 0 Å². The van der Waals surface area contributed by atoms with Crippen molar-refractivity contribution < 1.29 is 4.39 Å². The summed E-state index contributed by atoms with van der Waals surface area (Å²) in [5, 5.41) is 8.06. The van der Waals surface area contributed by atoms with Gasteiger partial charge < -0.3 is 5.32 Å². The molecule has 112 valence electrons. The van der Waals surface area contributed by atoms with Crippen molar-refractivity contribution >= 4 is 0 Å². The normalized spacial score (nSPS) is 16.1. The Morgan fingerprint density at radius 2 is 2.19 bits per heavy atom. The molecule has 0 spiro atoms. The predicted molar refractivity (Wildman–Crippen MR) is 81.5 cm³/mol. The van der Waals surface area contributed by atoms with E-state index in [2.05, 4.69) is 16.5 Å². The zero-order valence-corrected chi connectivity index (χ0v) is 12.4. The lowest BCUT2D eigenvalue weighted by Crippen LogP contribution is -2.27. The number of nitrogens with zero attached hydrogens (tertiary/aromatic N) is 2. The Bertz CT molecular complexity index is 589. The molecule has 1 aromatic heterocycles. The van der Waals surface area contributed by atoms with E-state index in [1.165, 1.54) is 18.9 Å². The van der Waals surface area contributed by atoms with Crippen molar-refractivity contribution in [3.63, 3.8) is 0 Å². The number of hydrogen-bond donors (Lipinski definition) is 1. The molecular formula is C17H22FN3. The monoisotopic (exact) mass is 287 g/mol. The summed E-state index contributed by atoms with van der Waals surface area (Å²) in [6, 6.07) is 9.70. The van der Waals surface area contributed by atoms with Crippen LogP contribution in [0.3, 0.4) is 0 Å². The number of benzene rings is 1. The highest BCUT2D eigenvalue weighted by atomic mass is 19.1. The first-order valence-corrected chi connectivity index (χ1v) is 7.65. The van der Waals surface area contributed by atoms with Gasteiger partial charge in [0.2, 0.25) is 0 Å². The molecule has 0 amide bonds. The molecule has 0 aliphatic heterocycles. The summed E-state index contributed by atoms with van der Waals surface area (Å²) in [7, 11) is 1.94. The van der Waals surface area contributed by atoms with E-state index in [1.807, 2.05) is 24.0 Å². The van der Waals surface area contributed by atoms with Crippen molar-refractivity contribution in [2.45, 2.75) is 31.7 Å². The van der Waals surface area contributed by atoms with Gasteiger partial charge in [-0.05, 0) is 61.9 Å². The van der Waals surface area contributed by atoms with Crippen LogP contribution in [0.1, 0.15) is 24.1 Å². The fraction of sp³-hybridized carbons (Fsp3) is 0.471. The minimum atomic E-state index is -0.153. The number of aromatic nitrogens is 2. The maximum absolute atomic E-state index is 13.3. The first kappa shape index (κ1) is 14.3. The molecule has 0 radical (unpaired) electrons. The van der Waals surface area contributed by atoms with Crippen molar-refractivity contribution in [3.8, 4) is 0 Å². The second kappa shape index (κ2) is 6.39. The fourth-order valence-electron chi connectivity index (χ4n) is 2.70. The third-order valence-corrected chi connectivity index (χ3v) is 3.95. The van der Waals surface area contributed by atoms with Crippen LogP contribution in [-0.4, -0.2) is 22.4 Å². The Kier molecular flexibility index (Phi) is 4.34. The summed E-state index contributed by atoms with van der Waals surface area (Å²) in [5.41, 5.74) is 2.17. The maximum Gasteiger partial charge on any atom is 0.123 e. The van der Waals surface area contributed by atoms with E-state index in [1.54, 1.807) is 12.1 Å². The first-order chi connectivity index (χ1) is 10.2. The molecule has 3 rings (SSSR count). The molecule has 0 saturated heterocycles. The smallest absolute Gasteiger partial charge is 0.123 e. The van der Waals surface area contributed by atoms with Crippen LogP contribution in [0.15, 0.2) is 36.5 Å². The largest absolute Gasteiger partial charge is 0.314 e. The SMILES string of the molecule is Cn1ccc(CC(CNC2CC2)Cc2cccc(F)c2)n1. The zero-order valence-electron chi connectivity index (χ0n) is 12.4. The van der Waals surface area contributed by atoms with Gasteiger partial charge in [0, 0.05) is 19.3 Å². The lowest BCUT2D eigenvalue weighted by molar-refractivity contribution is 0.461. The van der Waals surface area contributed by atoms with Gasteiger partial charge in [-0.1, -0.05) is 12.1 Å². The van der Waals surface area contributed by atoms with Crippen LogP contribution in [0.4, 0.5) is 4.39 Å². The Morgan fingerprint density at radius 1 is 1.33 bits per heavy atom. The fourth-order valence-corrected chi connectivity index (χ4v) is 2.70. The molecule has 1 atom stereocenters. The van der Waals surface area contributed by atoms with Crippen molar-refractivity contribution in [1.29, 1.82) is 0 Å². The molecule has 0 bridgehead atoms. The summed E-state index contributed by atoms with van der Waals surface area (Å²) in [6.45, 7) is 0.970. The van der Waals surface area contributed by atoms with Gasteiger partial charge in [-0.25, -0.2) is 4.39 Å². The molecule has 1 aliphatic carbocycles. The number of rotatable bonds is 7. The number of halogens is 1. The zero-order chi connectivity index (χ0) is 14.7. The molecule has 1 unspecified atom stereocenters. The lowest BCUT2D eigenvalue weighted by atomic mass is 9.94. The van der Waals surface area contributed by atoms with Gasteiger partial charge in [0.15, 0.2) is 0 Å². The van der Waals surface area contributed by atoms with Crippen LogP contribution in [-0.2, 0) is 19.9 Å². The third-order valence-electron chi connectivity index (χ3n) is 3.95. The Labute approximate surface area is 125 Å². The van der Waals surface area contributed by atoms with Gasteiger partial charge in [-0.2, -0.15) is 5.10 Å². The highest BCUT2D eigenvalue weighted by Gasteiger charge is 2.22. The summed E-state index contributed by atoms with van der Waals surface area (Å²) >= 11 is 0. The van der Waals surface area contributed by atoms with E-state index in [0.717, 1.165) is 30.6 Å². The maximum atomic E-state index is 13.3. The van der Waals surface area contributed by atoms with Crippen LogP contribution in [0, 0.1) is 11.7 Å². The van der Waals surface area contributed by atoms with Gasteiger partial charge in [-0.15, -0.1) is 0 Å². The summed E-state index contributed by atoms with van der Waals surface area (Å²) < 4.78 is 15.2. The molecule has 21 heavy (non-hydrogen) atoms. The Balaban J connectivity index is 1.65. The van der Waals surface area contributed by atoms with E-state index < -0.39 is 0 Å². The van der Waals surface area contributed by atoms with Gasteiger partial charge in [0.1, 0.15) is 5.82 Å². The molecule has 1 aliphatic rings. The minimum absolute atomic E-state index is 0.153. The number of aryl methyl sites for hydroxylation is 1. The average Bonchev–Trinajstić information content (AvgIpc) is 3.19. The predicted octanol–water partition coefficient (Wildman–Crippen LogP) is 2.71. The van der Waals surface area contributed by atoms with Crippen molar-refractivity contribution in [2.24, 2.45) is 13.0 Å². The molecule has 1 fully saturated rings. The number of hydrogen-bond acceptors (Lipinski definition) is 2. The van der Waals surface area contributed by atoms with Gasteiger partial charge in [0.05, 0.1) is 5.69 Å². The summed E-state index contributed by atoms with van der Waals surface area (Å²) in [5.74, 6) is 0.293. The van der Waals surface area contributed by atoms with Gasteiger partial charge >= 0.3 is 0 Å². The lowest BCUT2D eigenvalue weighted by Gasteiger charge is -2.17. The molecule has 1 saturated carbocycles. The highest BCUT2D eigenvalue weighted by Crippen LogP contribution is 2.20. The molecule has 1 heterocycles. The molecule has 2 aromatic rings. The van der Waals surface area contributed by atoms with Gasteiger partial charge in [0.25, 0.3) is 0 Å². The van der Waals surface area contributed by atoms with E-state index in [4.69, 9.17) is 0 Å². The van der Waals surface area contributed by atoms with Crippen molar-refractivity contribution in [1.82, 2.24) is 15.1 Å².